The predicted octanol–water partition coefficient (Wildman–Crippen LogP) is 2.78. The molecule has 94 valence electrons. The number of carbonyl (C=O) groups is 1. The van der Waals surface area contributed by atoms with Gasteiger partial charge in [-0.2, -0.15) is 0 Å². The number of rotatable bonds is 5. The van der Waals surface area contributed by atoms with Crippen LogP contribution in [0.4, 0.5) is 0 Å². The van der Waals surface area contributed by atoms with Gasteiger partial charge < -0.3 is 9.52 Å². The van der Waals surface area contributed by atoms with Gasteiger partial charge >= 0.3 is 5.97 Å². The van der Waals surface area contributed by atoms with E-state index in [2.05, 4.69) is 17.1 Å². The van der Waals surface area contributed by atoms with E-state index in [0.717, 1.165) is 24.8 Å². The van der Waals surface area contributed by atoms with Crippen molar-refractivity contribution in [2.45, 2.75) is 26.2 Å². The normalized spacial score (nSPS) is 10.5. The van der Waals surface area contributed by atoms with Crippen molar-refractivity contribution in [3.8, 4) is 11.5 Å². The summed E-state index contributed by atoms with van der Waals surface area (Å²) in [6.45, 7) is 2.10. The van der Waals surface area contributed by atoms with Gasteiger partial charge in [0.2, 0.25) is 11.8 Å². The van der Waals surface area contributed by atoms with Crippen molar-refractivity contribution >= 4 is 5.97 Å². The van der Waals surface area contributed by atoms with Crippen molar-refractivity contribution < 1.29 is 14.3 Å². The van der Waals surface area contributed by atoms with Crippen LogP contribution in [-0.4, -0.2) is 21.3 Å². The van der Waals surface area contributed by atoms with Crippen molar-refractivity contribution in [1.29, 1.82) is 0 Å². The first-order valence-electron chi connectivity index (χ1n) is 5.87. The van der Waals surface area contributed by atoms with Gasteiger partial charge in [0.15, 0.2) is 0 Å². The molecule has 0 atom stereocenters. The van der Waals surface area contributed by atoms with Crippen LogP contribution < -0.4 is 0 Å². The van der Waals surface area contributed by atoms with Gasteiger partial charge in [-0.05, 0) is 30.7 Å². The lowest BCUT2D eigenvalue weighted by molar-refractivity contribution is 0.0697. The Morgan fingerprint density at radius 3 is 2.61 bits per heavy atom. The Morgan fingerprint density at radius 2 is 2.00 bits per heavy atom. The summed E-state index contributed by atoms with van der Waals surface area (Å²) in [7, 11) is 0. The summed E-state index contributed by atoms with van der Waals surface area (Å²) in [5.74, 6) is 0.0999. The molecule has 1 aromatic carbocycles. The zero-order chi connectivity index (χ0) is 13.0. The van der Waals surface area contributed by atoms with Crippen molar-refractivity contribution in [2.24, 2.45) is 0 Å². The molecule has 0 amide bonds. The van der Waals surface area contributed by atoms with Crippen molar-refractivity contribution in [2.75, 3.05) is 0 Å². The van der Waals surface area contributed by atoms with Gasteiger partial charge in [-0.25, -0.2) is 4.79 Å². The minimum absolute atomic E-state index is 0.240. The lowest BCUT2D eigenvalue weighted by Gasteiger charge is -1.96. The quantitative estimate of drug-likeness (QED) is 0.877. The predicted molar refractivity (Wildman–Crippen MR) is 65.3 cm³/mol. The average molecular weight is 246 g/mol. The Balaban J connectivity index is 2.15. The Hall–Kier alpha value is -2.17. The molecule has 1 heterocycles. The van der Waals surface area contributed by atoms with E-state index in [4.69, 9.17) is 9.52 Å². The number of hydrogen-bond donors (Lipinski definition) is 1. The number of nitrogens with zero attached hydrogens (tertiary/aromatic N) is 2. The fraction of sp³-hybridized carbons (Fsp3) is 0.308. The van der Waals surface area contributed by atoms with E-state index in [1.54, 1.807) is 12.1 Å². The van der Waals surface area contributed by atoms with Crippen molar-refractivity contribution in [1.82, 2.24) is 10.2 Å². The molecule has 0 radical (unpaired) electrons. The number of benzene rings is 1. The molecule has 2 rings (SSSR count). The van der Waals surface area contributed by atoms with Crippen LogP contribution in [0, 0.1) is 0 Å². The second-order valence-corrected chi connectivity index (χ2v) is 3.99. The van der Waals surface area contributed by atoms with Gasteiger partial charge in [0, 0.05) is 12.0 Å². The van der Waals surface area contributed by atoms with E-state index in [0.29, 0.717) is 11.8 Å². The highest BCUT2D eigenvalue weighted by atomic mass is 16.4. The van der Waals surface area contributed by atoms with Crippen LogP contribution in [0.25, 0.3) is 11.5 Å². The molecule has 18 heavy (non-hydrogen) atoms. The molecule has 0 aliphatic rings. The van der Waals surface area contributed by atoms with E-state index in [9.17, 15) is 4.79 Å². The first-order valence-corrected chi connectivity index (χ1v) is 5.87. The lowest BCUT2D eigenvalue weighted by Crippen LogP contribution is -1.94. The number of hydrogen-bond acceptors (Lipinski definition) is 4. The standard InChI is InChI=1S/C13H14N2O3/c1-2-3-4-11-14-15-12(18-11)9-5-7-10(8-6-9)13(16)17/h5-8H,2-4H2,1H3,(H,16,17). The van der Waals surface area contributed by atoms with Gasteiger partial charge in [0.05, 0.1) is 5.56 Å². The highest BCUT2D eigenvalue weighted by Crippen LogP contribution is 2.19. The third-order valence-corrected chi connectivity index (χ3v) is 2.59. The Morgan fingerprint density at radius 1 is 1.28 bits per heavy atom. The molecule has 0 bridgehead atoms. The molecule has 0 spiro atoms. The molecule has 2 aromatic rings. The van der Waals surface area contributed by atoms with E-state index >= 15 is 0 Å². The van der Waals surface area contributed by atoms with E-state index in [1.165, 1.54) is 12.1 Å². The maximum absolute atomic E-state index is 10.7. The average Bonchev–Trinajstić information content (AvgIpc) is 2.85. The largest absolute Gasteiger partial charge is 0.478 e. The molecular formula is C13H14N2O3. The van der Waals surface area contributed by atoms with Crippen LogP contribution in [-0.2, 0) is 6.42 Å². The van der Waals surface area contributed by atoms with Crippen LogP contribution in [0.15, 0.2) is 28.7 Å². The van der Waals surface area contributed by atoms with Crippen LogP contribution in [0.5, 0.6) is 0 Å². The van der Waals surface area contributed by atoms with Gasteiger partial charge in [-0.1, -0.05) is 13.3 Å². The highest BCUT2D eigenvalue weighted by Gasteiger charge is 2.09. The fourth-order valence-corrected chi connectivity index (χ4v) is 1.55. The van der Waals surface area contributed by atoms with Crippen LogP contribution in [0.2, 0.25) is 0 Å². The second-order valence-electron chi connectivity index (χ2n) is 3.99. The summed E-state index contributed by atoms with van der Waals surface area (Å²) in [4.78, 5) is 10.7. The number of carboxylic acid groups (broad SMARTS) is 1. The molecule has 0 unspecified atom stereocenters. The molecule has 0 aliphatic heterocycles. The molecule has 0 fully saturated rings. The molecule has 1 aromatic heterocycles. The maximum atomic E-state index is 10.7. The van der Waals surface area contributed by atoms with E-state index in [-0.39, 0.29) is 5.56 Å². The van der Waals surface area contributed by atoms with Crippen LogP contribution >= 0.6 is 0 Å². The highest BCUT2D eigenvalue weighted by molar-refractivity contribution is 5.88. The number of aromatic nitrogens is 2. The SMILES string of the molecule is CCCCc1nnc(-c2ccc(C(=O)O)cc2)o1. The monoisotopic (exact) mass is 246 g/mol. The smallest absolute Gasteiger partial charge is 0.335 e. The minimum atomic E-state index is -0.948. The molecular weight excluding hydrogens is 232 g/mol. The van der Waals surface area contributed by atoms with Crippen molar-refractivity contribution in [3.63, 3.8) is 0 Å². The molecule has 5 heteroatoms. The summed E-state index contributed by atoms with van der Waals surface area (Å²) in [5.41, 5.74) is 0.972. The number of unbranched alkanes of at least 4 members (excludes halogenated alkanes) is 1. The zero-order valence-electron chi connectivity index (χ0n) is 10.1. The van der Waals surface area contributed by atoms with Crippen molar-refractivity contribution in [3.05, 3.63) is 35.7 Å². The minimum Gasteiger partial charge on any atom is -0.478 e. The zero-order valence-corrected chi connectivity index (χ0v) is 10.1. The molecule has 0 saturated heterocycles. The van der Waals surface area contributed by atoms with E-state index < -0.39 is 5.97 Å². The van der Waals surface area contributed by atoms with Gasteiger partial charge in [-0.3, -0.25) is 0 Å². The summed E-state index contributed by atoms with van der Waals surface area (Å²) in [5, 5.41) is 16.7. The topological polar surface area (TPSA) is 76.2 Å². The number of carboxylic acids is 1. The number of aromatic carboxylic acids is 1. The molecule has 0 saturated carbocycles. The van der Waals surface area contributed by atoms with Crippen LogP contribution in [0.3, 0.4) is 0 Å². The third-order valence-electron chi connectivity index (χ3n) is 2.59. The Kier molecular flexibility index (Phi) is 3.72. The second kappa shape index (κ2) is 5.44. The Labute approximate surface area is 104 Å². The summed E-state index contributed by atoms with van der Waals surface area (Å²) < 4.78 is 5.50. The maximum Gasteiger partial charge on any atom is 0.335 e. The third kappa shape index (κ3) is 2.74. The fourth-order valence-electron chi connectivity index (χ4n) is 1.55. The van der Waals surface area contributed by atoms with Crippen LogP contribution in [0.1, 0.15) is 36.0 Å². The first kappa shape index (κ1) is 12.3. The Bertz CT molecular complexity index is 531. The van der Waals surface area contributed by atoms with Gasteiger partial charge in [0.25, 0.3) is 0 Å². The lowest BCUT2D eigenvalue weighted by atomic mass is 10.1. The molecule has 5 nitrogen and oxygen atoms in total. The summed E-state index contributed by atoms with van der Waals surface area (Å²) in [6.07, 6.45) is 2.86. The number of aryl methyl sites for hydroxylation is 1. The first-order chi connectivity index (χ1) is 8.70. The summed E-state index contributed by atoms with van der Waals surface area (Å²) >= 11 is 0. The van der Waals surface area contributed by atoms with Gasteiger partial charge in [0.1, 0.15) is 0 Å². The van der Waals surface area contributed by atoms with Gasteiger partial charge in [-0.15, -0.1) is 10.2 Å². The molecule has 0 aliphatic carbocycles. The van der Waals surface area contributed by atoms with E-state index in [1.807, 2.05) is 0 Å². The summed E-state index contributed by atoms with van der Waals surface area (Å²) in [6, 6.07) is 6.38. The molecule has 1 N–H and O–H groups in total.